The second-order valence-electron chi connectivity index (χ2n) is 2.21. The zero-order chi connectivity index (χ0) is 8.85. The van der Waals surface area contributed by atoms with Gasteiger partial charge in [0.2, 0.25) is 0 Å². The van der Waals surface area contributed by atoms with Crippen LogP contribution in [0.3, 0.4) is 0 Å². The molecule has 0 fully saturated rings. The molecule has 0 saturated carbocycles. The van der Waals surface area contributed by atoms with Gasteiger partial charge in [0.05, 0.1) is 6.10 Å². The topological polar surface area (TPSA) is 50.1 Å². The van der Waals surface area contributed by atoms with Gasteiger partial charge in [-0.3, -0.25) is 0 Å². The molecule has 0 rings (SSSR count). The third-order valence-electron chi connectivity index (χ3n) is 1.26. The molecule has 1 atom stereocenters. The first-order valence-electron chi connectivity index (χ1n) is 3.41. The fourth-order valence-corrected chi connectivity index (χ4v) is 0.383. The summed E-state index contributed by atoms with van der Waals surface area (Å²) < 4.78 is 4.79. The largest absolute Gasteiger partial charge is 0.459 e. The molecule has 0 N–H and O–H groups in total. The zero-order valence-electron chi connectivity index (χ0n) is 6.76. The van der Waals surface area contributed by atoms with E-state index in [4.69, 9.17) is 10.00 Å². The maximum absolute atomic E-state index is 10.8. The van der Waals surface area contributed by atoms with Gasteiger partial charge in [-0.25, -0.2) is 4.79 Å². The van der Waals surface area contributed by atoms with Crippen molar-refractivity contribution in [1.29, 1.82) is 5.26 Å². The molecule has 0 radical (unpaired) electrons. The van der Waals surface area contributed by atoms with E-state index in [1.165, 1.54) is 0 Å². The van der Waals surface area contributed by atoms with Crippen LogP contribution in [0.2, 0.25) is 0 Å². The Hall–Kier alpha value is -1.30. The van der Waals surface area contributed by atoms with Crippen LogP contribution in [0.15, 0.2) is 12.2 Å². The highest BCUT2D eigenvalue weighted by atomic mass is 16.5. The number of esters is 1. The minimum Gasteiger partial charge on any atom is -0.459 e. The number of carbonyl (C=O) groups is 1. The SMILES string of the molecule is C=C(C#N)C(=O)OC(C)CC. The summed E-state index contributed by atoms with van der Waals surface area (Å²) >= 11 is 0. The molecule has 0 amide bonds. The van der Waals surface area contributed by atoms with E-state index in [0.717, 1.165) is 6.42 Å². The number of hydrogen-bond donors (Lipinski definition) is 0. The number of hydrogen-bond acceptors (Lipinski definition) is 3. The van der Waals surface area contributed by atoms with E-state index < -0.39 is 5.97 Å². The monoisotopic (exact) mass is 153 g/mol. The Kier molecular flexibility index (Phi) is 3.97. The number of nitrogens with zero attached hydrogens (tertiary/aromatic N) is 1. The van der Waals surface area contributed by atoms with Crippen LogP contribution >= 0.6 is 0 Å². The Morgan fingerprint density at radius 3 is 2.73 bits per heavy atom. The third kappa shape index (κ3) is 3.41. The van der Waals surface area contributed by atoms with Crippen LogP contribution in [0.25, 0.3) is 0 Å². The van der Waals surface area contributed by atoms with E-state index in [1.807, 2.05) is 6.92 Å². The molecule has 11 heavy (non-hydrogen) atoms. The van der Waals surface area contributed by atoms with E-state index in [0.29, 0.717) is 0 Å². The molecule has 0 spiro atoms. The van der Waals surface area contributed by atoms with Crippen molar-refractivity contribution in [1.82, 2.24) is 0 Å². The molecule has 3 nitrogen and oxygen atoms in total. The molecule has 0 aliphatic heterocycles. The summed E-state index contributed by atoms with van der Waals surface area (Å²) in [6.07, 6.45) is 0.595. The lowest BCUT2D eigenvalue weighted by molar-refractivity contribution is -0.143. The summed E-state index contributed by atoms with van der Waals surface area (Å²) in [6.45, 7) is 6.89. The average molecular weight is 153 g/mol. The van der Waals surface area contributed by atoms with Crippen molar-refractivity contribution in [2.75, 3.05) is 0 Å². The predicted molar refractivity (Wildman–Crippen MR) is 40.6 cm³/mol. The van der Waals surface area contributed by atoms with Gasteiger partial charge >= 0.3 is 5.97 Å². The normalized spacial score (nSPS) is 11.4. The van der Waals surface area contributed by atoms with Crippen molar-refractivity contribution >= 4 is 5.97 Å². The molecule has 60 valence electrons. The van der Waals surface area contributed by atoms with Gasteiger partial charge in [0, 0.05) is 0 Å². The number of ether oxygens (including phenoxy) is 1. The van der Waals surface area contributed by atoms with Gasteiger partial charge in [-0.05, 0) is 13.3 Å². The van der Waals surface area contributed by atoms with Gasteiger partial charge in [-0.2, -0.15) is 5.26 Å². The summed E-state index contributed by atoms with van der Waals surface area (Å²) in [5.74, 6) is -0.623. The van der Waals surface area contributed by atoms with Crippen LogP contribution in [0.4, 0.5) is 0 Å². The summed E-state index contributed by atoms with van der Waals surface area (Å²) in [4.78, 5) is 10.8. The molecule has 1 unspecified atom stereocenters. The highest BCUT2D eigenvalue weighted by molar-refractivity contribution is 5.91. The minimum absolute atomic E-state index is 0.146. The van der Waals surface area contributed by atoms with Crippen molar-refractivity contribution in [3.63, 3.8) is 0 Å². The summed E-state index contributed by atoms with van der Waals surface area (Å²) in [6, 6.07) is 1.63. The van der Waals surface area contributed by atoms with Crippen LogP contribution in [0.1, 0.15) is 20.3 Å². The highest BCUT2D eigenvalue weighted by Crippen LogP contribution is 2.00. The van der Waals surface area contributed by atoms with Crippen LogP contribution in [-0.2, 0) is 9.53 Å². The first-order valence-corrected chi connectivity index (χ1v) is 3.41. The number of nitriles is 1. The fourth-order valence-electron chi connectivity index (χ4n) is 0.383. The van der Waals surface area contributed by atoms with E-state index in [9.17, 15) is 4.79 Å². The predicted octanol–water partition coefficient (Wildman–Crippen LogP) is 1.41. The third-order valence-corrected chi connectivity index (χ3v) is 1.26. The van der Waals surface area contributed by atoms with Crippen LogP contribution in [-0.4, -0.2) is 12.1 Å². The number of rotatable bonds is 3. The molecule has 0 aromatic heterocycles. The molecule has 0 heterocycles. The average Bonchev–Trinajstić information content (AvgIpc) is 2.02. The van der Waals surface area contributed by atoms with Gasteiger partial charge in [0.25, 0.3) is 0 Å². The molecular formula is C8H11NO2. The van der Waals surface area contributed by atoms with E-state index in [-0.39, 0.29) is 11.7 Å². The smallest absolute Gasteiger partial charge is 0.348 e. The Morgan fingerprint density at radius 1 is 1.82 bits per heavy atom. The Morgan fingerprint density at radius 2 is 2.36 bits per heavy atom. The van der Waals surface area contributed by atoms with Crippen molar-refractivity contribution < 1.29 is 9.53 Å². The highest BCUT2D eigenvalue weighted by Gasteiger charge is 2.10. The molecular weight excluding hydrogens is 142 g/mol. The van der Waals surface area contributed by atoms with Gasteiger partial charge in [-0.1, -0.05) is 13.5 Å². The van der Waals surface area contributed by atoms with Gasteiger partial charge in [0.15, 0.2) is 0 Å². The van der Waals surface area contributed by atoms with Gasteiger partial charge in [0.1, 0.15) is 11.6 Å². The van der Waals surface area contributed by atoms with Crippen molar-refractivity contribution in [3.8, 4) is 6.07 Å². The van der Waals surface area contributed by atoms with Crippen LogP contribution in [0, 0.1) is 11.3 Å². The molecule has 0 aliphatic rings. The molecule has 0 aliphatic carbocycles. The molecule has 0 aromatic rings. The van der Waals surface area contributed by atoms with Crippen LogP contribution < -0.4 is 0 Å². The van der Waals surface area contributed by atoms with E-state index in [1.54, 1.807) is 13.0 Å². The summed E-state index contributed by atoms with van der Waals surface area (Å²) in [5, 5.41) is 8.24. The summed E-state index contributed by atoms with van der Waals surface area (Å²) in [5.41, 5.74) is -0.148. The second-order valence-corrected chi connectivity index (χ2v) is 2.21. The van der Waals surface area contributed by atoms with Crippen molar-refractivity contribution in [2.45, 2.75) is 26.4 Å². The van der Waals surface area contributed by atoms with Crippen molar-refractivity contribution in [3.05, 3.63) is 12.2 Å². The molecule has 0 aromatic carbocycles. The van der Waals surface area contributed by atoms with Gasteiger partial charge < -0.3 is 4.74 Å². The van der Waals surface area contributed by atoms with Crippen LogP contribution in [0.5, 0.6) is 0 Å². The first-order chi connectivity index (χ1) is 5.11. The summed E-state index contributed by atoms with van der Waals surface area (Å²) in [7, 11) is 0. The minimum atomic E-state index is -0.623. The quantitative estimate of drug-likeness (QED) is 0.350. The van der Waals surface area contributed by atoms with E-state index in [2.05, 4.69) is 6.58 Å². The van der Waals surface area contributed by atoms with Gasteiger partial charge in [-0.15, -0.1) is 0 Å². The zero-order valence-corrected chi connectivity index (χ0v) is 6.76. The maximum atomic E-state index is 10.8. The number of carbonyl (C=O) groups excluding carboxylic acids is 1. The molecule has 0 saturated heterocycles. The molecule has 3 heteroatoms. The van der Waals surface area contributed by atoms with Crippen molar-refractivity contribution in [2.24, 2.45) is 0 Å². The first kappa shape index (κ1) is 9.70. The fraction of sp³-hybridized carbons (Fsp3) is 0.500. The Bertz CT molecular complexity index is 203. The second kappa shape index (κ2) is 4.51. The standard InChI is InChI=1S/C8H11NO2/c1-4-7(3)11-8(10)6(2)5-9/h7H,2,4H2,1,3H3. The lowest BCUT2D eigenvalue weighted by Crippen LogP contribution is -2.14. The lowest BCUT2D eigenvalue weighted by Gasteiger charge is -2.08. The Balaban J connectivity index is 3.90. The lowest BCUT2D eigenvalue weighted by atomic mass is 10.3. The molecule has 0 bridgehead atoms. The van der Waals surface area contributed by atoms with E-state index >= 15 is 0 Å². The maximum Gasteiger partial charge on any atom is 0.348 e. The Labute approximate surface area is 66.3 Å².